The third kappa shape index (κ3) is 1.97. The number of phenols is 1. The zero-order valence-electron chi connectivity index (χ0n) is 7.78. The molecule has 0 radical (unpaired) electrons. The maximum absolute atomic E-state index is 12.2. The zero-order chi connectivity index (χ0) is 11.8. The highest BCUT2D eigenvalue weighted by atomic mass is 19.4. The van der Waals surface area contributed by atoms with Crippen LogP contribution in [0.4, 0.5) is 13.2 Å². The largest absolute Gasteiger partial charge is 0.508 e. The van der Waals surface area contributed by atoms with E-state index in [0.29, 0.717) is 5.56 Å². The lowest BCUT2D eigenvalue weighted by Crippen LogP contribution is -2.07. The van der Waals surface area contributed by atoms with E-state index in [4.69, 9.17) is 5.11 Å². The monoisotopic (exact) mass is 229 g/mol. The van der Waals surface area contributed by atoms with Crippen LogP contribution < -0.4 is 0 Å². The smallest absolute Gasteiger partial charge is 0.451 e. The van der Waals surface area contributed by atoms with Crippen LogP contribution in [0.1, 0.15) is 5.82 Å². The van der Waals surface area contributed by atoms with Crippen molar-refractivity contribution in [3.63, 3.8) is 0 Å². The van der Waals surface area contributed by atoms with Gasteiger partial charge in [0.2, 0.25) is 5.82 Å². The van der Waals surface area contributed by atoms with Gasteiger partial charge in [0.1, 0.15) is 5.75 Å². The van der Waals surface area contributed by atoms with E-state index >= 15 is 0 Å². The summed E-state index contributed by atoms with van der Waals surface area (Å²) in [6.45, 7) is 0. The van der Waals surface area contributed by atoms with E-state index in [2.05, 4.69) is 10.1 Å². The molecule has 0 aliphatic carbocycles. The molecular formula is C9H6F3N3O. The topological polar surface area (TPSA) is 61.8 Å². The van der Waals surface area contributed by atoms with Crippen LogP contribution in [0, 0.1) is 0 Å². The molecular weight excluding hydrogens is 223 g/mol. The lowest BCUT2D eigenvalue weighted by molar-refractivity contribution is -0.144. The van der Waals surface area contributed by atoms with Gasteiger partial charge in [-0.3, -0.25) is 5.10 Å². The minimum atomic E-state index is -4.54. The second-order valence-corrected chi connectivity index (χ2v) is 3.05. The van der Waals surface area contributed by atoms with Crippen LogP contribution in [0.3, 0.4) is 0 Å². The van der Waals surface area contributed by atoms with Gasteiger partial charge in [-0.15, -0.1) is 0 Å². The van der Waals surface area contributed by atoms with Crippen LogP contribution >= 0.6 is 0 Å². The average molecular weight is 229 g/mol. The fourth-order valence-corrected chi connectivity index (χ4v) is 1.13. The van der Waals surface area contributed by atoms with Crippen LogP contribution in [-0.4, -0.2) is 20.3 Å². The maximum Gasteiger partial charge on any atom is 0.451 e. The Morgan fingerprint density at radius 1 is 1.12 bits per heavy atom. The van der Waals surface area contributed by atoms with Crippen molar-refractivity contribution < 1.29 is 18.3 Å². The minimum Gasteiger partial charge on any atom is -0.508 e. The molecule has 0 aliphatic rings. The molecule has 1 aromatic heterocycles. The van der Waals surface area contributed by atoms with Crippen molar-refractivity contribution in [3.8, 4) is 17.1 Å². The van der Waals surface area contributed by atoms with E-state index in [0.717, 1.165) is 0 Å². The molecule has 7 heteroatoms. The van der Waals surface area contributed by atoms with E-state index in [9.17, 15) is 13.2 Å². The number of phenolic OH excluding ortho intramolecular Hbond substituents is 1. The zero-order valence-corrected chi connectivity index (χ0v) is 7.78. The molecule has 0 spiro atoms. The Kier molecular flexibility index (Phi) is 2.30. The molecule has 0 atom stereocenters. The first-order valence-corrected chi connectivity index (χ1v) is 4.26. The summed E-state index contributed by atoms with van der Waals surface area (Å²) in [5, 5.41) is 14.3. The number of halogens is 3. The Hall–Kier alpha value is -2.05. The number of hydrogen-bond acceptors (Lipinski definition) is 3. The number of nitrogens with zero attached hydrogens (tertiary/aromatic N) is 2. The first-order valence-electron chi connectivity index (χ1n) is 4.26. The van der Waals surface area contributed by atoms with Gasteiger partial charge in [-0.2, -0.15) is 18.3 Å². The summed E-state index contributed by atoms with van der Waals surface area (Å²) in [4.78, 5) is 3.31. The van der Waals surface area contributed by atoms with Crippen molar-refractivity contribution in [3.05, 3.63) is 30.1 Å². The van der Waals surface area contributed by atoms with Crippen molar-refractivity contribution in [2.75, 3.05) is 0 Å². The van der Waals surface area contributed by atoms with E-state index in [1.54, 1.807) is 0 Å². The Bertz CT molecular complexity index is 489. The number of H-pyrrole nitrogens is 1. The third-order valence-electron chi connectivity index (χ3n) is 1.88. The first kappa shape index (κ1) is 10.5. The molecule has 0 saturated heterocycles. The molecule has 16 heavy (non-hydrogen) atoms. The Morgan fingerprint density at radius 3 is 2.25 bits per heavy atom. The van der Waals surface area contributed by atoms with Crippen molar-refractivity contribution in [2.45, 2.75) is 6.18 Å². The van der Waals surface area contributed by atoms with E-state index in [1.807, 2.05) is 5.10 Å². The normalized spacial score (nSPS) is 11.7. The molecule has 0 fully saturated rings. The Balaban J connectivity index is 2.35. The van der Waals surface area contributed by atoms with Crippen molar-refractivity contribution in [1.82, 2.24) is 15.2 Å². The van der Waals surface area contributed by atoms with Gasteiger partial charge in [-0.05, 0) is 24.3 Å². The maximum atomic E-state index is 12.2. The number of alkyl halides is 3. The average Bonchev–Trinajstić information content (AvgIpc) is 2.67. The summed E-state index contributed by atoms with van der Waals surface area (Å²) in [6, 6.07) is 5.55. The minimum absolute atomic E-state index is 0.0235. The molecule has 84 valence electrons. The van der Waals surface area contributed by atoms with Crippen LogP contribution in [-0.2, 0) is 6.18 Å². The Morgan fingerprint density at radius 2 is 1.75 bits per heavy atom. The summed E-state index contributed by atoms with van der Waals surface area (Å²) in [5.74, 6) is -1.18. The number of hydrogen-bond donors (Lipinski definition) is 2. The van der Waals surface area contributed by atoms with Crippen molar-refractivity contribution in [2.24, 2.45) is 0 Å². The highest BCUT2D eigenvalue weighted by Crippen LogP contribution is 2.27. The highest BCUT2D eigenvalue weighted by Gasteiger charge is 2.35. The van der Waals surface area contributed by atoms with E-state index in [1.165, 1.54) is 24.3 Å². The van der Waals surface area contributed by atoms with Gasteiger partial charge in [-0.1, -0.05) is 0 Å². The highest BCUT2D eigenvalue weighted by molar-refractivity contribution is 5.55. The second kappa shape index (κ2) is 3.51. The molecule has 4 nitrogen and oxygen atoms in total. The summed E-state index contributed by atoms with van der Waals surface area (Å²) in [5.41, 5.74) is 0.393. The summed E-state index contributed by atoms with van der Waals surface area (Å²) in [7, 11) is 0. The lowest BCUT2D eigenvalue weighted by atomic mass is 10.2. The van der Waals surface area contributed by atoms with Crippen LogP contribution in [0.5, 0.6) is 5.75 Å². The fourth-order valence-electron chi connectivity index (χ4n) is 1.13. The number of aromatic amines is 1. The number of aromatic nitrogens is 3. The van der Waals surface area contributed by atoms with Gasteiger partial charge in [0.25, 0.3) is 0 Å². The van der Waals surface area contributed by atoms with Crippen LogP contribution in [0.25, 0.3) is 11.4 Å². The molecule has 0 amide bonds. The van der Waals surface area contributed by atoms with E-state index < -0.39 is 12.0 Å². The van der Waals surface area contributed by atoms with Gasteiger partial charge in [0.05, 0.1) is 0 Å². The third-order valence-corrected chi connectivity index (χ3v) is 1.88. The fraction of sp³-hybridized carbons (Fsp3) is 0.111. The number of benzene rings is 1. The predicted molar refractivity (Wildman–Crippen MR) is 48.5 cm³/mol. The SMILES string of the molecule is Oc1ccc(-c2n[nH]c(C(F)(F)F)n2)cc1. The van der Waals surface area contributed by atoms with Gasteiger partial charge in [0, 0.05) is 5.56 Å². The predicted octanol–water partition coefficient (Wildman–Crippen LogP) is 2.20. The quantitative estimate of drug-likeness (QED) is 0.787. The molecule has 2 aromatic rings. The van der Waals surface area contributed by atoms with Crippen LogP contribution in [0.2, 0.25) is 0 Å². The van der Waals surface area contributed by atoms with Crippen molar-refractivity contribution >= 4 is 0 Å². The first-order chi connectivity index (χ1) is 7.47. The standard InChI is InChI=1S/C9H6F3N3O/c10-9(11,12)8-13-7(14-15-8)5-1-3-6(16)4-2-5/h1-4,16H,(H,13,14,15). The summed E-state index contributed by atoms with van der Waals surface area (Å²) in [6.07, 6.45) is -4.54. The molecule has 0 aliphatic heterocycles. The van der Waals surface area contributed by atoms with Crippen LogP contribution in [0.15, 0.2) is 24.3 Å². The van der Waals surface area contributed by atoms with Gasteiger partial charge in [-0.25, -0.2) is 4.98 Å². The molecule has 0 saturated carbocycles. The molecule has 0 bridgehead atoms. The lowest BCUT2D eigenvalue weighted by Gasteiger charge is -1.98. The van der Waals surface area contributed by atoms with Gasteiger partial charge < -0.3 is 5.11 Å². The van der Waals surface area contributed by atoms with E-state index in [-0.39, 0.29) is 11.6 Å². The summed E-state index contributed by atoms with van der Waals surface area (Å²) < 4.78 is 36.6. The molecule has 2 rings (SSSR count). The molecule has 1 heterocycles. The molecule has 1 aromatic carbocycles. The molecule has 0 unspecified atom stereocenters. The number of rotatable bonds is 1. The number of nitrogens with one attached hydrogen (secondary N) is 1. The number of aromatic hydroxyl groups is 1. The Labute approximate surface area is 87.8 Å². The van der Waals surface area contributed by atoms with Gasteiger partial charge in [0.15, 0.2) is 5.82 Å². The van der Waals surface area contributed by atoms with Gasteiger partial charge >= 0.3 is 6.18 Å². The summed E-state index contributed by atoms with van der Waals surface area (Å²) >= 11 is 0. The second-order valence-electron chi connectivity index (χ2n) is 3.05. The van der Waals surface area contributed by atoms with Crippen molar-refractivity contribution in [1.29, 1.82) is 0 Å². The molecule has 2 N–H and O–H groups in total.